The zero-order valence-electron chi connectivity index (χ0n) is 12.7. The molecule has 0 bridgehead atoms. The van der Waals surface area contributed by atoms with E-state index >= 15 is 0 Å². The smallest absolute Gasteiger partial charge is 0.268 e. The topological polar surface area (TPSA) is 71.5 Å². The Balaban J connectivity index is 1.72. The van der Waals surface area contributed by atoms with Gasteiger partial charge in [0.25, 0.3) is 5.91 Å². The predicted molar refractivity (Wildman–Crippen MR) is 80.5 cm³/mol. The first-order valence-corrected chi connectivity index (χ1v) is 8.03. The minimum Gasteiger partial charge on any atom is -0.464 e. The summed E-state index contributed by atoms with van der Waals surface area (Å²) >= 11 is 0. The Morgan fingerprint density at radius 1 is 1.38 bits per heavy atom. The number of carbonyl (C=O) groups is 1. The molecule has 116 valence electrons. The number of likely N-dealkylation sites (tertiary alicyclic amines) is 1. The molecule has 1 saturated heterocycles. The number of piperidine rings is 1. The molecule has 2 unspecified atom stereocenters. The van der Waals surface area contributed by atoms with Crippen LogP contribution < -0.4 is 11.3 Å². The number of hydrogen-bond acceptors (Lipinski definition) is 4. The van der Waals surface area contributed by atoms with E-state index in [1.54, 1.807) is 0 Å². The maximum atomic E-state index is 11.7. The van der Waals surface area contributed by atoms with E-state index in [9.17, 15) is 4.79 Å². The lowest BCUT2D eigenvalue weighted by Gasteiger charge is -2.43. The van der Waals surface area contributed by atoms with Gasteiger partial charge in [0.1, 0.15) is 11.5 Å². The van der Waals surface area contributed by atoms with Gasteiger partial charge in [-0.2, -0.15) is 0 Å². The van der Waals surface area contributed by atoms with E-state index in [4.69, 9.17) is 10.3 Å². The lowest BCUT2D eigenvalue weighted by Crippen LogP contribution is -2.46. The largest absolute Gasteiger partial charge is 0.464 e. The Morgan fingerprint density at radius 3 is 2.95 bits per heavy atom. The normalized spacial score (nSPS) is 26.4. The van der Waals surface area contributed by atoms with Gasteiger partial charge in [0, 0.05) is 6.04 Å². The fourth-order valence-electron chi connectivity index (χ4n) is 4.05. The molecule has 1 aliphatic carbocycles. The Morgan fingerprint density at radius 2 is 2.14 bits per heavy atom. The molecule has 2 fully saturated rings. The van der Waals surface area contributed by atoms with Crippen molar-refractivity contribution in [2.45, 2.75) is 58.0 Å². The Bertz CT molecular complexity index is 510. The number of hydrazine groups is 1. The van der Waals surface area contributed by atoms with Crippen LogP contribution in [-0.2, 0) is 6.54 Å². The standard InChI is InChI=1S/C16H25N3O2/c1-11-14(16(20)18-17)9-13(21-11)10-19-8-4-6-12-5-2-3-7-15(12)19/h9,12,15H,2-8,10,17H2,1H3,(H,18,20). The number of amides is 1. The molecule has 5 heteroatoms. The molecule has 1 aromatic rings. The average Bonchev–Trinajstić information content (AvgIpc) is 2.87. The van der Waals surface area contributed by atoms with Crippen molar-refractivity contribution in [3.8, 4) is 0 Å². The second-order valence-corrected chi connectivity index (χ2v) is 6.38. The van der Waals surface area contributed by atoms with E-state index in [2.05, 4.69) is 10.3 Å². The maximum absolute atomic E-state index is 11.7. The second-order valence-electron chi connectivity index (χ2n) is 6.38. The summed E-state index contributed by atoms with van der Waals surface area (Å²) < 4.78 is 5.76. The van der Waals surface area contributed by atoms with Crippen LogP contribution >= 0.6 is 0 Å². The molecule has 5 nitrogen and oxygen atoms in total. The van der Waals surface area contributed by atoms with E-state index in [1.807, 2.05) is 13.0 Å². The summed E-state index contributed by atoms with van der Waals surface area (Å²) in [7, 11) is 0. The molecule has 2 heterocycles. The Labute approximate surface area is 125 Å². The number of aryl methyl sites for hydroxylation is 1. The number of nitrogen functional groups attached to an aromatic ring is 1. The van der Waals surface area contributed by atoms with Gasteiger partial charge in [0.05, 0.1) is 12.1 Å². The molecular formula is C16H25N3O2. The van der Waals surface area contributed by atoms with Gasteiger partial charge in [-0.25, -0.2) is 5.84 Å². The number of nitrogens with two attached hydrogens (primary N) is 1. The van der Waals surface area contributed by atoms with Crippen LogP contribution in [0.25, 0.3) is 0 Å². The molecule has 3 rings (SSSR count). The number of rotatable bonds is 3. The minimum absolute atomic E-state index is 0.281. The number of nitrogens with zero attached hydrogens (tertiary/aromatic N) is 1. The summed E-state index contributed by atoms with van der Waals surface area (Å²) in [6, 6.07) is 2.54. The van der Waals surface area contributed by atoms with Crippen molar-refractivity contribution in [1.82, 2.24) is 10.3 Å². The fourth-order valence-corrected chi connectivity index (χ4v) is 4.05. The lowest BCUT2D eigenvalue weighted by molar-refractivity contribution is 0.0493. The summed E-state index contributed by atoms with van der Waals surface area (Å²) in [5.41, 5.74) is 2.72. The first-order valence-electron chi connectivity index (χ1n) is 8.03. The third-order valence-corrected chi connectivity index (χ3v) is 5.06. The zero-order chi connectivity index (χ0) is 14.8. The van der Waals surface area contributed by atoms with E-state index in [-0.39, 0.29) is 5.91 Å². The van der Waals surface area contributed by atoms with Gasteiger partial charge in [-0.15, -0.1) is 0 Å². The van der Waals surface area contributed by atoms with E-state index in [1.165, 1.54) is 38.5 Å². The van der Waals surface area contributed by atoms with Crippen molar-refractivity contribution in [2.24, 2.45) is 11.8 Å². The quantitative estimate of drug-likeness (QED) is 0.509. The third-order valence-electron chi connectivity index (χ3n) is 5.06. The number of carbonyl (C=O) groups excluding carboxylic acids is 1. The molecule has 1 aliphatic heterocycles. The number of furan rings is 1. The van der Waals surface area contributed by atoms with Crippen molar-refractivity contribution in [3.05, 3.63) is 23.2 Å². The molecule has 1 aromatic heterocycles. The van der Waals surface area contributed by atoms with Crippen LogP contribution in [0.15, 0.2) is 10.5 Å². The van der Waals surface area contributed by atoms with Crippen LogP contribution in [0.1, 0.15) is 60.4 Å². The summed E-state index contributed by atoms with van der Waals surface area (Å²) in [4.78, 5) is 14.2. The van der Waals surface area contributed by atoms with Crippen LogP contribution in [0, 0.1) is 12.8 Å². The molecule has 0 aromatic carbocycles. The van der Waals surface area contributed by atoms with Crippen LogP contribution in [-0.4, -0.2) is 23.4 Å². The number of fused-ring (bicyclic) bond motifs is 1. The van der Waals surface area contributed by atoms with Crippen LogP contribution in [0.3, 0.4) is 0 Å². The van der Waals surface area contributed by atoms with E-state index < -0.39 is 0 Å². The van der Waals surface area contributed by atoms with Gasteiger partial charge in [-0.05, 0) is 51.1 Å². The lowest BCUT2D eigenvalue weighted by atomic mass is 9.78. The number of hydrogen-bond donors (Lipinski definition) is 2. The molecule has 2 aliphatic rings. The minimum atomic E-state index is -0.281. The summed E-state index contributed by atoms with van der Waals surface area (Å²) in [5.74, 6) is 7.29. The molecule has 1 saturated carbocycles. The molecule has 0 spiro atoms. The highest BCUT2D eigenvalue weighted by Gasteiger charge is 2.33. The van der Waals surface area contributed by atoms with Crippen molar-refractivity contribution >= 4 is 5.91 Å². The van der Waals surface area contributed by atoms with Gasteiger partial charge in [0.15, 0.2) is 0 Å². The predicted octanol–water partition coefficient (Wildman–Crippen LogP) is 2.35. The summed E-state index contributed by atoms with van der Waals surface area (Å²) in [5, 5.41) is 0. The molecule has 0 radical (unpaired) electrons. The van der Waals surface area contributed by atoms with Gasteiger partial charge >= 0.3 is 0 Å². The van der Waals surface area contributed by atoms with E-state index in [0.29, 0.717) is 17.4 Å². The van der Waals surface area contributed by atoms with Crippen molar-refractivity contribution in [3.63, 3.8) is 0 Å². The molecular weight excluding hydrogens is 266 g/mol. The Kier molecular flexibility index (Phi) is 4.31. The van der Waals surface area contributed by atoms with E-state index in [0.717, 1.165) is 24.8 Å². The highest BCUT2D eigenvalue weighted by molar-refractivity contribution is 5.94. The highest BCUT2D eigenvalue weighted by Crippen LogP contribution is 2.36. The van der Waals surface area contributed by atoms with Crippen LogP contribution in [0.2, 0.25) is 0 Å². The highest BCUT2D eigenvalue weighted by atomic mass is 16.3. The van der Waals surface area contributed by atoms with Gasteiger partial charge in [-0.1, -0.05) is 12.8 Å². The summed E-state index contributed by atoms with van der Waals surface area (Å²) in [6.07, 6.45) is 8.06. The van der Waals surface area contributed by atoms with Crippen molar-refractivity contribution < 1.29 is 9.21 Å². The Hall–Kier alpha value is -1.33. The second kappa shape index (κ2) is 6.20. The SMILES string of the molecule is Cc1oc(CN2CCCC3CCCCC32)cc1C(=O)NN. The van der Waals surface area contributed by atoms with Gasteiger partial charge in [-0.3, -0.25) is 15.1 Å². The van der Waals surface area contributed by atoms with Crippen molar-refractivity contribution in [2.75, 3.05) is 6.54 Å². The number of nitrogens with one attached hydrogen (secondary N) is 1. The molecule has 3 N–H and O–H groups in total. The maximum Gasteiger partial charge on any atom is 0.268 e. The first-order chi connectivity index (χ1) is 10.2. The molecule has 2 atom stereocenters. The fraction of sp³-hybridized carbons (Fsp3) is 0.688. The van der Waals surface area contributed by atoms with Crippen LogP contribution in [0.4, 0.5) is 0 Å². The summed E-state index contributed by atoms with van der Waals surface area (Å²) in [6.45, 7) is 3.76. The average molecular weight is 291 g/mol. The van der Waals surface area contributed by atoms with Gasteiger partial charge < -0.3 is 4.42 Å². The molecule has 21 heavy (non-hydrogen) atoms. The van der Waals surface area contributed by atoms with Gasteiger partial charge in [0.2, 0.25) is 0 Å². The molecule has 1 amide bonds. The van der Waals surface area contributed by atoms with Crippen molar-refractivity contribution in [1.29, 1.82) is 0 Å². The third kappa shape index (κ3) is 2.99. The zero-order valence-corrected chi connectivity index (χ0v) is 12.7. The first kappa shape index (κ1) is 14.6. The van der Waals surface area contributed by atoms with Crippen LogP contribution in [0.5, 0.6) is 0 Å². The monoisotopic (exact) mass is 291 g/mol.